The van der Waals surface area contributed by atoms with E-state index in [0.717, 1.165) is 9.80 Å². The first-order chi connectivity index (χ1) is 7.84. The Morgan fingerprint density at radius 2 is 1.94 bits per heavy atom. The van der Waals surface area contributed by atoms with E-state index in [9.17, 15) is 18.0 Å². The number of carbonyl (C=O) groups is 1. The van der Waals surface area contributed by atoms with E-state index in [1.165, 1.54) is 6.92 Å². The van der Waals surface area contributed by atoms with Gasteiger partial charge in [0.25, 0.3) is 6.43 Å². The molecule has 1 heterocycles. The molecule has 3 atom stereocenters. The molecule has 1 saturated heterocycles. The van der Waals surface area contributed by atoms with Crippen LogP contribution in [-0.4, -0.2) is 70.6 Å². The summed E-state index contributed by atoms with van der Waals surface area (Å²) in [4.78, 5) is 12.9. The summed E-state index contributed by atoms with van der Waals surface area (Å²) < 4.78 is 37.9. The molecule has 1 aliphatic rings. The molecule has 0 aromatic carbocycles. The van der Waals surface area contributed by atoms with Crippen molar-refractivity contribution in [3.8, 4) is 0 Å². The van der Waals surface area contributed by atoms with Crippen LogP contribution >= 0.6 is 0 Å². The van der Waals surface area contributed by atoms with E-state index in [1.54, 1.807) is 0 Å². The van der Waals surface area contributed by atoms with Crippen LogP contribution in [0.4, 0.5) is 18.0 Å². The minimum Gasteiger partial charge on any atom is -0.465 e. The van der Waals surface area contributed by atoms with Gasteiger partial charge in [0.15, 0.2) is 0 Å². The molecule has 17 heavy (non-hydrogen) atoms. The third kappa shape index (κ3) is 3.22. The Hall–Kier alpha value is -1.02. The van der Waals surface area contributed by atoms with Gasteiger partial charge < -0.3 is 15.1 Å². The Kier molecular flexibility index (Phi) is 4.58. The van der Waals surface area contributed by atoms with Gasteiger partial charge in [0.1, 0.15) is 6.04 Å². The predicted molar refractivity (Wildman–Crippen MR) is 52.7 cm³/mol. The monoisotopic (exact) mass is 256 g/mol. The summed E-state index contributed by atoms with van der Waals surface area (Å²) in [7, 11) is 0. The molecule has 0 radical (unpaired) electrons. The van der Waals surface area contributed by atoms with Crippen molar-refractivity contribution in [2.24, 2.45) is 0 Å². The summed E-state index contributed by atoms with van der Waals surface area (Å²) in [5, 5.41) is 17.4. The second kappa shape index (κ2) is 5.54. The van der Waals surface area contributed by atoms with Gasteiger partial charge in [0.05, 0.1) is 0 Å². The number of hydrogen-bond donors (Lipinski definition) is 2. The fourth-order valence-corrected chi connectivity index (χ4v) is 2.01. The second-order valence-electron chi connectivity index (χ2n) is 4.01. The van der Waals surface area contributed by atoms with Crippen LogP contribution in [0.5, 0.6) is 0 Å². The zero-order chi connectivity index (χ0) is 13.2. The van der Waals surface area contributed by atoms with Crippen LogP contribution in [-0.2, 0) is 0 Å². The van der Waals surface area contributed by atoms with Crippen molar-refractivity contribution < 1.29 is 28.2 Å². The zero-order valence-corrected chi connectivity index (χ0v) is 9.26. The van der Waals surface area contributed by atoms with Gasteiger partial charge >= 0.3 is 6.09 Å². The normalized spacial score (nSPS) is 26.0. The number of aliphatic hydroxyl groups excluding tert-OH is 1. The van der Waals surface area contributed by atoms with Crippen LogP contribution in [0.15, 0.2) is 0 Å². The molecule has 0 aliphatic carbocycles. The molecule has 0 spiro atoms. The molecule has 0 saturated carbocycles. The van der Waals surface area contributed by atoms with Gasteiger partial charge in [-0.15, -0.1) is 0 Å². The lowest BCUT2D eigenvalue weighted by atomic mass is 10.1. The first kappa shape index (κ1) is 14.0. The molecular formula is C9H15F3N2O3. The lowest BCUT2D eigenvalue weighted by molar-refractivity contribution is -0.119. The van der Waals surface area contributed by atoms with Crippen molar-refractivity contribution in [2.75, 3.05) is 19.6 Å². The Morgan fingerprint density at radius 3 is 2.29 bits per heavy atom. The van der Waals surface area contributed by atoms with Gasteiger partial charge in [-0.25, -0.2) is 18.0 Å². The average Bonchev–Trinajstić information content (AvgIpc) is 2.19. The van der Waals surface area contributed by atoms with Crippen molar-refractivity contribution in [3.05, 3.63) is 0 Å². The maximum absolute atomic E-state index is 12.7. The van der Waals surface area contributed by atoms with Gasteiger partial charge in [0.2, 0.25) is 6.36 Å². The zero-order valence-electron chi connectivity index (χ0n) is 9.26. The largest absolute Gasteiger partial charge is 0.465 e. The first-order valence-corrected chi connectivity index (χ1v) is 5.18. The van der Waals surface area contributed by atoms with Gasteiger partial charge in [0, 0.05) is 25.7 Å². The summed E-state index contributed by atoms with van der Waals surface area (Å²) in [5.41, 5.74) is 0. The highest BCUT2D eigenvalue weighted by atomic mass is 19.3. The Balaban J connectivity index is 2.70. The average molecular weight is 256 g/mol. The molecule has 1 aliphatic heterocycles. The molecule has 1 amide bonds. The molecule has 0 aromatic rings. The molecule has 1 fully saturated rings. The molecule has 0 bridgehead atoms. The standard InChI is InChI=1S/C9H15F3N2O3/c1-5-4-13(9(16)17)2-3-14(5)6(7(10)11)8(12)15/h5-8,15H,2-4H2,1H3,(H,16,17)/t5-,6?,8?/m1/s1. The number of amides is 1. The minimum atomic E-state index is -3.02. The molecule has 0 aromatic heterocycles. The summed E-state index contributed by atoms with van der Waals surface area (Å²) in [6, 6.07) is -2.47. The molecule has 5 nitrogen and oxygen atoms in total. The van der Waals surface area contributed by atoms with E-state index in [4.69, 9.17) is 10.2 Å². The summed E-state index contributed by atoms with van der Waals surface area (Å²) in [5.74, 6) is 0. The van der Waals surface area contributed by atoms with Crippen LogP contribution in [0.25, 0.3) is 0 Å². The highest BCUT2D eigenvalue weighted by Crippen LogP contribution is 2.21. The smallest absolute Gasteiger partial charge is 0.407 e. The van der Waals surface area contributed by atoms with Crippen LogP contribution < -0.4 is 0 Å². The van der Waals surface area contributed by atoms with Crippen LogP contribution in [0.3, 0.4) is 0 Å². The minimum absolute atomic E-state index is 0.0191. The fraction of sp³-hybridized carbons (Fsp3) is 0.889. The summed E-state index contributed by atoms with van der Waals surface area (Å²) >= 11 is 0. The van der Waals surface area contributed by atoms with Crippen molar-refractivity contribution in [2.45, 2.75) is 31.8 Å². The lowest BCUT2D eigenvalue weighted by Gasteiger charge is -2.42. The van der Waals surface area contributed by atoms with E-state index in [1.807, 2.05) is 0 Å². The number of carboxylic acid groups (broad SMARTS) is 1. The van der Waals surface area contributed by atoms with E-state index >= 15 is 0 Å². The van der Waals surface area contributed by atoms with E-state index in [0.29, 0.717) is 0 Å². The number of alkyl halides is 3. The SMILES string of the molecule is C[C@@H]1CN(C(=O)O)CCN1C(C(O)F)C(F)F. The summed E-state index contributed by atoms with van der Waals surface area (Å²) in [6.45, 7) is 1.54. The van der Waals surface area contributed by atoms with Crippen LogP contribution in [0.2, 0.25) is 0 Å². The third-order valence-electron chi connectivity index (χ3n) is 2.87. The van der Waals surface area contributed by atoms with Crippen molar-refractivity contribution in [1.82, 2.24) is 9.80 Å². The van der Waals surface area contributed by atoms with Crippen LogP contribution in [0, 0.1) is 0 Å². The summed E-state index contributed by atoms with van der Waals surface area (Å²) in [6.07, 6.45) is -6.80. The number of hydrogen-bond acceptors (Lipinski definition) is 3. The second-order valence-corrected chi connectivity index (χ2v) is 4.01. The van der Waals surface area contributed by atoms with E-state index < -0.39 is 31.0 Å². The van der Waals surface area contributed by atoms with Gasteiger partial charge in [-0.2, -0.15) is 0 Å². The number of aliphatic hydroxyl groups is 1. The van der Waals surface area contributed by atoms with Gasteiger partial charge in [-0.05, 0) is 6.92 Å². The maximum atomic E-state index is 12.7. The molecule has 2 N–H and O–H groups in total. The third-order valence-corrected chi connectivity index (χ3v) is 2.87. The number of rotatable bonds is 3. The maximum Gasteiger partial charge on any atom is 0.407 e. The quantitative estimate of drug-likeness (QED) is 0.775. The number of halogens is 3. The fourth-order valence-electron chi connectivity index (χ4n) is 2.01. The highest BCUT2D eigenvalue weighted by Gasteiger charge is 2.39. The predicted octanol–water partition coefficient (Wildman–Crippen LogP) is 0.592. The Bertz CT molecular complexity index is 270. The highest BCUT2D eigenvalue weighted by molar-refractivity contribution is 5.65. The molecular weight excluding hydrogens is 241 g/mol. The topological polar surface area (TPSA) is 64.0 Å². The van der Waals surface area contributed by atoms with E-state index in [2.05, 4.69) is 0 Å². The number of piperazine rings is 1. The molecule has 8 heteroatoms. The van der Waals surface area contributed by atoms with Crippen molar-refractivity contribution >= 4 is 6.09 Å². The molecule has 2 unspecified atom stereocenters. The Labute approximate surface area is 96.4 Å². The number of nitrogens with zero attached hydrogens (tertiary/aromatic N) is 2. The van der Waals surface area contributed by atoms with Crippen molar-refractivity contribution in [1.29, 1.82) is 0 Å². The first-order valence-electron chi connectivity index (χ1n) is 5.18. The van der Waals surface area contributed by atoms with E-state index in [-0.39, 0.29) is 19.6 Å². The molecule has 100 valence electrons. The van der Waals surface area contributed by atoms with Gasteiger partial charge in [-0.3, -0.25) is 4.90 Å². The Morgan fingerprint density at radius 1 is 1.35 bits per heavy atom. The molecule has 1 rings (SSSR count). The van der Waals surface area contributed by atoms with Crippen LogP contribution in [0.1, 0.15) is 6.92 Å². The lowest BCUT2D eigenvalue weighted by Crippen LogP contribution is -2.60. The van der Waals surface area contributed by atoms with Gasteiger partial charge in [-0.1, -0.05) is 0 Å². The van der Waals surface area contributed by atoms with Crippen molar-refractivity contribution in [3.63, 3.8) is 0 Å².